The smallest absolute Gasteiger partial charge is 0.254 e. The molecule has 4 aliphatic rings. The Bertz CT molecular complexity index is 2070. The van der Waals surface area contributed by atoms with Crippen LogP contribution in [0.4, 0.5) is 17.1 Å². The molecule has 2 aliphatic carbocycles. The van der Waals surface area contributed by atoms with Crippen molar-refractivity contribution in [1.82, 2.24) is 4.90 Å². The van der Waals surface area contributed by atoms with Crippen molar-refractivity contribution in [3.63, 3.8) is 0 Å². The molecule has 3 fully saturated rings. The van der Waals surface area contributed by atoms with E-state index in [1.807, 2.05) is 72.8 Å². The molecule has 6 unspecified atom stereocenters. The average molecular weight is 745 g/mol. The van der Waals surface area contributed by atoms with Crippen molar-refractivity contribution in [3.05, 3.63) is 108 Å². The first-order valence-corrected chi connectivity index (χ1v) is 17.5. The van der Waals surface area contributed by atoms with Crippen LogP contribution >= 0.6 is 39.1 Å². The highest BCUT2D eigenvalue weighted by atomic mass is 79.9. The number of halogens is 3. The van der Waals surface area contributed by atoms with Gasteiger partial charge in [0.15, 0.2) is 9.75 Å². The van der Waals surface area contributed by atoms with Crippen LogP contribution in [-0.2, 0) is 19.2 Å². The lowest BCUT2D eigenvalue weighted by molar-refractivity contribution is -0.138. The number of hydrogen-bond acceptors (Lipinski definition) is 6. The molecule has 2 saturated heterocycles. The zero-order valence-electron chi connectivity index (χ0n) is 25.3. The number of allylic oxidation sites excluding steroid dienone is 2. The minimum atomic E-state index is -2.01. The first-order chi connectivity index (χ1) is 23.1. The van der Waals surface area contributed by atoms with Crippen molar-refractivity contribution in [1.29, 1.82) is 0 Å². The summed E-state index contributed by atoms with van der Waals surface area (Å²) in [5.41, 5.74) is 2.98. The second-order valence-electron chi connectivity index (χ2n) is 12.8. The standard InChI is InChI=1S/C37H28BrCl2N3O5/c38-19-42-34(47)36(39)18-27-25(31(37(36,40)35(42)48)30-24-9-5-4-6-20(24)10-17-28(30)44)15-16-26-29(27)33(46)43(32(26)45)23-13-11-22(12-14-23)41-21-7-2-1-3-8-21/h1-15,17,26-27,29,31,41,44H,16,18-19H2. The molecule has 6 atom stereocenters. The Morgan fingerprint density at radius 2 is 1.50 bits per heavy atom. The van der Waals surface area contributed by atoms with Crippen molar-refractivity contribution >= 4 is 90.6 Å². The lowest BCUT2D eigenvalue weighted by atomic mass is 9.56. The summed E-state index contributed by atoms with van der Waals surface area (Å²) in [6.45, 7) is 0. The number of para-hydroxylation sites is 1. The Kier molecular flexibility index (Phi) is 7.25. The van der Waals surface area contributed by atoms with Gasteiger partial charge >= 0.3 is 0 Å². The van der Waals surface area contributed by atoms with E-state index >= 15 is 0 Å². The zero-order valence-corrected chi connectivity index (χ0v) is 28.4. The van der Waals surface area contributed by atoms with E-state index in [0.717, 1.165) is 21.7 Å². The number of alkyl halides is 3. The molecule has 0 radical (unpaired) electrons. The van der Waals surface area contributed by atoms with Crippen LogP contribution in [0, 0.1) is 17.8 Å². The Morgan fingerprint density at radius 1 is 0.812 bits per heavy atom. The van der Waals surface area contributed by atoms with Gasteiger partial charge in [0.2, 0.25) is 11.8 Å². The number of phenolic OH excluding ortho intramolecular Hbond substituents is 1. The van der Waals surface area contributed by atoms with Crippen LogP contribution in [0.15, 0.2) is 103 Å². The third-order valence-electron chi connectivity index (χ3n) is 10.4. The van der Waals surface area contributed by atoms with Gasteiger partial charge in [-0.25, -0.2) is 0 Å². The lowest BCUT2D eigenvalue weighted by Crippen LogP contribution is -2.60. The maximum Gasteiger partial charge on any atom is 0.254 e. The second-order valence-corrected chi connectivity index (χ2v) is 14.5. The molecule has 0 spiro atoms. The van der Waals surface area contributed by atoms with Gasteiger partial charge in [0, 0.05) is 22.9 Å². The Morgan fingerprint density at radius 3 is 2.23 bits per heavy atom. The molecule has 2 heterocycles. The maximum atomic E-state index is 14.4. The number of likely N-dealkylation sites (tertiary alicyclic amines) is 1. The predicted octanol–water partition coefficient (Wildman–Crippen LogP) is 7.20. The summed E-state index contributed by atoms with van der Waals surface area (Å²) in [4.78, 5) is 54.8. The molecule has 4 amide bonds. The molecule has 4 aromatic carbocycles. The summed E-state index contributed by atoms with van der Waals surface area (Å²) < 4.78 is 0. The van der Waals surface area contributed by atoms with Crippen molar-refractivity contribution in [3.8, 4) is 5.75 Å². The third-order valence-corrected chi connectivity index (χ3v) is 12.4. The number of hydrogen-bond donors (Lipinski definition) is 2. The summed E-state index contributed by atoms with van der Waals surface area (Å²) in [5.74, 6) is -5.53. The fraction of sp³-hybridized carbons (Fsp3) is 0.243. The van der Waals surface area contributed by atoms with E-state index in [1.54, 1.807) is 18.2 Å². The molecule has 8 nitrogen and oxygen atoms in total. The highest BCUT2D eigenvalue weighted by Gasteiger charge is 2.76. The first kappa shape index (κ1) is 31.1. The van der Waals surface area contributed by atoms with E-state index in [1.165, 1.54) is 11.0 Å². The fourth-order valence-electron chi connectivity index (χ4n) is 8.29. The molecule has 2 aliphatic heterocycles. The monoisotopic (exact) mass is 743 g/mol. The van der Waals surface area contributed by atoms with Crippen molar-refractivity contribution in [2.45, 2.75) is 28.5 Å². The highest BCUT2D eigenvalue weighted by Crippen LogP contribution is 2.66. The molecule has 1 saturated carbocycles. The molecule has 0 bridgehead atoms. The van der Waals surface area contributed by atoms with Gasteiger partial charge in [-0.3, -0.25) is 29.0 Å². The minimum Gasteiger partial charge on any atom is -0.508 e. The van der Waals surface area contributed by atoms with Gasteiger partial charge in [0.25, 0.3) is 11.8 Å². The maximum absolute atomic E-state index is 14.4. The summed E-state index contributed by atoms with van der Waals surface area (Å²) in [5, 5.41) is 16.2. The predicted molar refractivity (Wildman–Crippen MR) is 188 cm³/mol. The number of amides is 4. The molecule has 4 aromatic rings. The number of benzene rings is 4. The Labute approximate surface area is 294 Å². The van der Waals surface area contributed by atoms with Crippen molar-refractivity contribution in [2.75, 3.05) is 15.7 Å². The number of fused-ring (bicyclic) bond motifs is 5. The molecule has 0 aromatic heterocycles. The molecule has 11 heteroatoms. The van der Waals surface area contributed by atoms with Crippen molar-refractivity contribution < 1.29 is 24.3 Å². The van der Waals surface area contributed by atoms with E-state index < -0.39 is 51.1 Å². The summed E-state index contributed by atoms with van der Waals surface area (Å²) in [6, 6.07) is 27.4. The lowest BCUT2D eigenvalue weighted by Gasteiger charge is -2.51. The van der Waals surface area contributed by atoms with Crippen LogP contribution in [0.2, 0.25) is 0 Å². The second kappa shape index (κ2) is 11.2. The largest absolute Gasteiger partial charge is 0.508 e. The number of aromatic hydroxyl groups is 1. The van der Waals surface area contributed by atoms with E-state index in [4.69, 9.17) is 23.2 Å². The molecule has 48 heavy (non-hydrogen) atoms. The van der Waals surface area contributed by atoms with Gasteiger partial charge in [-0.15, -0.1) is 23.2 Å². The number of rotatable bonds is 5. The van der Waals surface area contributed by atoms with E-state index in [2.05, 4.69) is 21.2 Å². The Hall–Kier alpha value is -4.18. The normalized spacial score (nSPS) is 29.5. The van der Waals surface area contributed by atoms with Gasteiger partial charge < -0.3 is 10.4 Å². The van der Waals surface area contributed by atoms with E-state index in [-0.39, 0.29) is 30.0 Å². The van der Waals surface area contributed by atoms with Crippen LogP contribution < -0.4 is 10.2 Å². The number of phenols is 1. The first-order valence-electron chi connectivity index (χ1n) is 15.6. The van der Waals surface area contributed by atoms with Crippen LogP contribution in [0.25, 0.3) is 10.8 Å². The van der Waals surface area contributed by atoms with Crippen LogP contribution in [0.1, 0.15) is 24.3 Å². The SMILES string of the molecule is O=C1C2CC=C3C(CC4(Cl)C(=O)N(CBr)C(=O)C4(Cl)C3c3c(O)ccc4ccccc34)C2C(=O)N1c1ccc(Nc2ccccc2)cc1. The molecule has 8 rings (SSSR count). The summed E-state index contributed by atoms with van der Waals surface area (Å²) >= 11 is 18.0. The van der Waals surface area contributed by atoms with Crippen LogP contribution in [-0.4, -0.2) is 48.8 Å². The fourth-order valence-corrected chi connectivity index (χ4v) is 9.70. The minimum absolute atomic E-state index is 0.112. The number of carbonyl (C=O) groups excluding carboxylic acids is 4. The zero-order chi connectivity index (χ0) is 33.5. The average Bonchev–Trinajstić information content (AvgIpc) is 3.43. The number of anilines is 3. The van der Waals surface area contributed by atoms with E-state index in [0.29, 0.717) is 22.2 Å². The summed E-state index contributed by atoms with van der Waals surface area (Å²) in [7, 11) is 0. The number of carbonyl (C=O) groups is 4. The molecular formula is C37H28BrCl2N3O5. The summed E-state index contributed by atoms with van der Waals surface area (Å²) in [6.07, 6.45) is 1.96. The van der Waals surface area contributed by atoms with Gasteiger partial charge in [-0.05, 0) is 72.0 Å². The van der Waals surface area contributed by atoms with Gasteiger partial charge in [0.05, 0.1) is 23.0 Å². The van der Waals surface area contributed by atoms with Gasteiger partial charge in [-0.2, -0.15) is 0 Å². The van der Waals surface area contributed by atoms with Crippen LogP contribution in [0.3, 0.4) is 0 Å². The Balaban J connectivity index is 1.23. The molecular weight excluding hydrogens is 717 g/mol. The molecule has 2 N–H and O–H groups in total. The van der Waals surface area contributed by atoms with Crippen molar-refractivity contribution in [2.24, 2.45) is 17.8 Å². The highest BCUT2D eigenvalue weighted by molar-refractivity contribution is 9.09. The third kappa shape index (κ3) is 4.20. The van der Waals surface area contributed by atoms with E-state index in [9.17, 15) is 24.3 Å². The van der Waals surface area contributed by atoms with Gasteiger partial charge in [-0.1, -0.05) is 76.1 Å². The number of nitrogens with one attached hydrogen (secondary N) is 1. The quantitative estimate of drug-likeness (QED) is 0.0969. The topological polar surface area (TPSA) is 107 Å². The molecule has 242 valence electrons. The number of imide groups is 2. The van der Waals surface area contributed by atoms with Crippen LogP contribution in [0.5, 0.6) is 5.75 Å². The number of nitrogens with zero attached hydrogens (tertiary/aromatic N) is 2. The van der Waals surface area contributed by atoms with Gasteiger partial charge in [0.1, 0.15) is 5.75 Å².